The second-order valence-electron chi connectivity index (χ2n) is 6.15. The smallest absolute Gasteiger partial charge is 0.320 e. The molecule has 0 heterocycles. The Bertz CT molecular complexity index is 957. The minimum atomic E-state index is -7.26. The fourth-order valence-electron chi connectivity index (χ4n) is 2.30. The molecule has 2 aromatic carbocycles. The molecule has 0 radical (unpaired) electrons. The Morgan fingerprint density at radius 1 is 0.688 bits per heavy atom. The van der Waals surface area contributed by atoms with Gasteiger partial charge < -0.3 is 5.32 Å². The van der Waals surface area contributed by atoms with Gasteiger partial charge in [0.2, 0.25) is 0 Å². The third-order valence-electron chi connectivity index (χ3n) is 3.91. The van der Waals surface area contributed by atoms with Gasteiger partial charge in [-0.3, -0.25) is 9.53 Å². The van der Waals surface area contributed by atoms with Crippen molar-refractivity contribution in [2.75, 3.05) is 5.32 Å². The molecule has 1 N–H and O–H groups in total. The first kappa shape index (κ1) is 25.4. The van der Waals surface area contributed by atoms with Crippen molar-refractivity contribution in [3.63, 3.8) is 0 Å². The van der Waals surface area contributed by atoms with E-state index in [1.165, 1.54) is 47.8 Å². The van der Waals surface area contributed by atoms with Crippen molar-refractivity contribution >= 4 is 11.6 Å². The number of hydrogen-bond donors (Lipinski definition) is 1. The topological polar surface area (TPSA) is 38.3 Å². The maximum atomic E-state index is 14.4. The van der Waals surface area contributed by atoms with Crippen molar-refractivity contribution in [3.8, 4) is 11.1 Å². The molecule has 2 rings (SSSR count). The number of anilines is 1. The van der Waals surface area contributed by atoms with E-state index in [4.69, 9.17) is 0 Å². The average Bonchev–Trinajstić information content (AvgIpc) is 2.66. The van der Waals surface area contributed by atoms with Gasteiger partial charge in [0.25, 0.3) is 5.91 Å². The first-order valence-corrected chi connectivity index (χ1v) is 8.18. The number of carbonyl (C=O) groups excluding carboxylic acids is 1. The normalized spacial score (nSPS) is 15.2. The van der Waals surface area contributed by atoms with E-state index in [9.17, 15) is 53.1 Å². The molecule has 176 valence electrons. The quantitative estimate of drug-likeness (QED) is 0.490. The van der Waals surface area contributed by atoms with Crippen molar-refractivity contribution in [1.82, 2.24) is 0 Å². The Balaban J connectivity index is 2.47. The van der Waals surface area contributed by atoms with Crippen molar-refractivity contribution in [2.24, 2.45) is 0 Å². The Kier molecular flexibility index (Phi) is 6.52. The lowest BCUT2D eigenvalue weighted by atomic mass is 10.0. The first-order valence-electron chi connectivity index (χ1n) is 8.18. The lowest BCUT2D eigenvalue weighted by Gasteiger charge is -2.34. The Hall–Kier alpha value is -2.90. The van der Waals surface area contributed by atoms with Gasteiger partial charge in [0.05, 0.1) is 0 Å². The van der Waals surface area contributed by atoms with Crippen LogP contribution in [-0.2, 0) is 9.53 Å². The lowest BCUT2D eigenvalue weighted by Crippen LogP contribution is -2.62. The van der Waals surface area contributed by atoms with E-state index in [1.54, 1.807) is 0 Å². The van der Waals surface area contributed by atoms with E-state index in [0.717, 1.165) is 12.1 Å². The van der Waals surface area contributed by atoms with Crippen LogP contribution in [0.1, 0.15) is 0 Å². The fraction of sp³-hybridized carbons (Fsp3) is 0.278. The Labute approximate surface area is 171 Å². The maximum absolute atomic E-state index is 14.4. The molecule has 0 saturated carbocycles. The Morgan fingerprint density at radius 3 is 1.69 bits per heavy atom. The van der Waals surface area contributed by atoms with E-state index in [2.05, 4.69) is 4.74 Å². The first-order chi connectivity index (χ1) is 14.4. The number of nitrogens with one attached hydrogen (secondary N) is 1. The van der Waals surface area contributed by atoms with E-state index < -0.39 is 41.8 Å². The molecule has 0 bridgehead atoms. The minimum absolute atomic E-state index is 0.0571. The van der Waals surface area contributed by atoms with Gasteiger partial charge in [-0.15, -0.1) is 0 Å². The standard InChI is InChI=1S/C18H10F11NO2/c19-14(16(22,23)24,32-18(28,29)15(20,21)17(25,26)27)13(31)30-12-9-5-4-8-11(12)10-6-2-1-3-7-10/h1-9H,(H,30,31)/t14-/m1/s1. The van der Waals surface area contributed by atoms with Crippen LogP contribution in [0, 0.1) is 0 Å². The molecule has 14 heteroatoms. The van der Waals surface area contributed by atoms with Crippen LogP contribution in [0.4, 0.5) is 54.0 Å². The molecule has 1 amide bonds. The number of hydrogen-bond acceptors (Lipinski definition) is 2. The number of para-hydroxylation sites is 1. The van der Waals surface area contributed by atoms with Gasteiger partial charge in [-0.05, 0) is 11.6 Å². The van der Waals surface area contributed by atoms with Gasteiger partial charge in [0.15, 0.2) is 0 Å². The van der Waals surface area contributed by atoms with Crippen LogP contribution in [-0.4, -0.2) is 36.1 Å². The molecule has 0 aliphatic heterocycles. The van der Waals surface area contributed by atoms with Crippen molar-refractivity contribution in [1.29, 1.82) is 0 Å². The molecule has 0 fully saturated rings. The van der Waals surface area contributed by atoms with Crippen LogP contribution >= 0.6 is 0 Å². The van der Waals surface area contributed by atoms with Crippen molar-refractivity contribution in [3.05, 3.63) is 54.6 Å². The predicted octanol–water partition coefficient (Wildman–Crippen LogP) is 6.33. The number of benzene rings is 2. The monoisotopic (exact) mass is 481 g/mol. The summed E-state index contributed by atoms with van der Waals surface area (Å²) in [7, 11) is 0. The van der Waals surface area contributed by atoms with Gasteiger partial charge >= 0.3 is 30.2 Å². The number of halogens is 11. The second-order valence-corrected chi connectivity index (χ2v) is 6.15. The summed E-state index contributed by atoms with van der Waals surface area (Å²) < 4.78 is 145. The van der Waals surface area contributed by atoms with E-state index in [-0.39, 0.29) is 11.1 Å². The Morgan fingerprint density at radius 2 is 1.19 bits per heavy atom. The molecule has 32 heavy (non-hydrogen) atoms. The summed E-state index contributed by atoms with van der Waals surface area (Å²) in [5.74, 6) is -16.6. The molecule has 3 nitrogen and oxygen atoms in total. The zero-order chi connectivity index (χ0) is 24.6. The van der Waals surface area contributed by atoms with Gasteiger partial charge in [-0.1, -0.05) is 48.5 Å². The highest BCUT2D eigenvalue weighted by atomic mass is 19.4. The zero-order valence-corrected chi connectivity index (χ0v) is 15.2. The van der Waals surface area contributed by atoms with Crippen molar-refractivity contribution in [2.45, 2.75) is 30.2 Å². The van der Waals surface area contributed by atoms with Gasteiger partial charge in [0, 0.05) is 11.3 Å². The molecule has 0 aliphatic rings. The summed E-state index contributed by atoms with van der Waals surface area (Å²) in [5.41, 5.74) is -0.419. The molecular formula is C18H10F11NO2. The minimum Gasteiger partial charge on any atom is -0.320 e. The SMILES string of the molecule is O=C(Nc1ccccc1-c1ccccc1)[C@@](F)(OC(F)(F)C(F)(F)C(F)(F)F)C(F)(F)F. The highest BCUT2D eigenvalue weighted by molar-refractivity contribution is 6.00. The van der Waals surface area contributed by atoms with Crippen LogP contribution in [0.5, 0.6) is 0 Å². The molecule has 2 aromatic rings. The summed E-state index contributed by atoms with van der Waals surface area (Å²) in [6.45, 7) is 0. The summed E-state index contributed by atoms with van der Waals surface area (Å²) in [5, 5.41) is 1.25. The molecule has 0 spiro atoms. The van der Waals surface area contributed by atoms with E-state index >= 15 is 0 Å². The predicted molar refractivity (Wildman–Crippen MR) is 87.4 cm³/mol. The molecule has 0 saturated heterocycles. The molecule has 0 aromatic heterocycles. The maximum Gasteiger partial charge on any atom is 0.462 e. The number of ether oxygens (including phenoxy) is 1. The van der Waals surface area contributed by atoms with Crippen LogP contribution in [0.3, 0.4) is 0 Å². The lowest BCUT2D eigenvalue weighted by molar-refractivity contribution is -0.472. The third-order valence-corrected chi connectivity index (χ3v) is 3.91. The number of amides is 1. The van der Waals surface area contributed by atoms with Crippen molar-refractivity contribution < 1.29 is 57.8 Å². The molecular weight excluding hydrogens is 471 g/mol. The van der Waals surface area contributed by atoms with Crippen LogP contribution < -0.4 is 5.32 Å². The second kappa shape index (κ2) is 8.22. The number of carbonyl (C=O) groups is 1. The van der Waals surface area contributed by atoms with Gasteiger partial charge in [0.1, 0.15) is 0 Å². The molecule has 1 atom stereocenters. The highest BCUT2D eigenvalue weighted by Crippen LogP contribution is 2.51. The largest absolute Gasteiger partial charge is 0.462 e. The van der Waals surface area contributed by atoms with E-state index in [1.807, 2.05) is 0 Å². The highest BCUT2D eigenvalue weighted by Gasteiger charge is 2.79. The summed E-state index contributed by atoms with van der Waals surface area (Å²) in [4.78, 5) is 11.9. The molecule has 0 unspecified atom stereocenters. The number of rotatable bonds is 6. The molecule has 0 aliphatic carbocycles. The third kappa shape index (κ3) is 4.64. The fourth-order valence-corrected chi connectivity index (χ4v) is 2.30. The van der Waals surface area contributed by atoms with Crippen LogP contribution in [0.2, 0.25) is 0 Å². The number of alkyl halides is 11. The van der Waals surface area contributed by atoms with Gasteiger partial charge in [-0.2, -0.15) is 48.3 Å². The average molecular weight is 481 g/mol. The van der Waals surface area contributed by atoms with Crippen LogP contribution in [0.25, 0.3) is 11.1 Å². The van der Waals surface area contributed by atoms with Crippen LogP contribution in [0.15, 0.2) is 54.6 Å². The van der Waals surface area contributed by atoms with E-state index in [0.29, 0.717) is 0 Å². The summed E-state index contributed by atoms with van der Waals surface area (Å²) in [6.07, 6.45) is -21.0. The van der Waals surface area contributed by atoms with Gasteiger partial charge in [-0.25, -0.2) is 0 Å². The summed E-state index contributed by atoms with van der Waals surface area (Å²) >= 11 is 0. The summed E-state index contributed by atoms with van der Waals surface area (Å²) in [6, 6.07) is 11.8. The zero-order valence-electron chi connectivity index (χ0n) is 15.2.